The minimum Gasteiger partial charge on any atom is -0.444 e. The Morgan fingerprint density at radius 3 is 2.25 bits per heavy atom. The Balaban J connectivity index is 2.38. The molecule has 0 heterocycles. The van der Waals surface area contributed by atoms with Crippen LogP contribution in [0.5, 0.6) is 0 Å². The van der Waals surface area contributed by atoms with Gasteiger partial charge in [-0.15, -0.1) is 6.42 Å². The molecule has 1 aliphatic rings. The molecular formula is C32H49N3O4S. The van der Waals surface area contributed by atoms with Gasteiger partial charge in [0.1, 0.15) is 17.7 Å². The molecule has 0 aliphatic heterocycles. The van der Waals surface area contributed by atoms with E-state index in [1.54, 1.807) is 37.8 Å². The number of hydrogen-bond donors (Lipinski definition) is 3. The maximum absolute atomic E-state index is 14.1. The molecule has 1 fully saturated rings. The summed E-state index contributed by atoms with van der Waals surface area (Å²) in [5.41, 5.74) is 0.666. The van der Waals surface area contributed by atoms with Crippen molar-refractivity contribution in [3.63, 3.8) is 0 Å². The molecule has 3 amide bonds. The van der Waals surface area contributed by atoms with Crippen molar-refractivity contribution >= 4 is 30.5 Å². The first-order valence-corrected chi connectivity index (χ1v) is 15.5. The predicted molar refractivity (Wildman–Crippen MR) is 164 cm³/mol. The fourth-order valence-corrected chi connectivity index (χ4v) is 5.27. The summed E-state index contributed by atoms with van der Waals surface area (Å²) in [6.07, 6.45) is 16.3. The van der Waals surface area contributed by atoms with Gasteiger partial charge in [0.15, 0.2) is 0 Å². The SMILES string of the molecule is C#Cc1ccc(C(C(=O)NC2CCCCC2)N(CCCCCCCC)C(=O)C(CS)NC(=O)OC(C)(C)C)cc1. The van der Waals surface area contributed by atoms with E-state index >= 15 is 0 Å². The standard InChI is InChI=1S/C32H49N3O4S/c1-6-8-9-10-11-15-22-35(30(37)27(23-40)34-31(38)39-32(3,4)5)28(25-20-18-24(7-2)19-21-25)29(36)33-26-16-13-12-14-17-26/h2,18-21,26-28,40H,6,8-17,22-23H2,1,3-5H3,(H,33,36)(H,34,38). The van der Waals surface area contributed by atoms with E-state index in [1.165, 1.54) is 12.8 Å². The number of rotatable bonds is 14. The molecule has 8 heteroatoms. The second-order valence-corrected chi connectivity index (χ2v) is 12.1. The zero-order valence-electron chi connectivity index (χ0n) is 24.8. The Morgan fingerprint density at radius 1 is 1.05 bits per heavy atom. The number of benzene rings is 1. The van der Waals surface area contributed by atoms with E-state index in [4.69, 9.17) is 11.2 Å². The average Bonchev–Trinajstić information content (AvgIpc) is 2.92. The van der Waals surface area contributed by atoms with E-state index in [1.807, 2.05) is 12.1 Å². The molecule has 2 rings (SSSR count). The first-order valence-electron chi connectivity index (χ1n) is 14.9. The zero-order chi connectivity index (χ0) is 29.5. The number of carbonyl (C=O) groups excluding carboxylic acids is 3. The lowest BCUT2D eigenvalue weighted by Crippen LogP contribution is -2.54. The number of hydrogen-bond acceptors (Lipinski definition) is 5. The minimum atomic E-state index is -0.951. The van der Waals surface area contributed by atoms with Crippen LogP contribution in [0.15, 0.2) is 24.3 Å². The molecule has 0 saturated heterocycles. The third-order valence-electron chi connectivity index (χ3n) is 7.11. The Morgan fingerprint density at radius 2 is 1.68 bits per heavy atom. The summed E-state index contributed by atoms with van der Waals surface area (Å²) < 4.78 is 5.40. The number of alkyl carbamates (subject to hydrolysis) is 1. The number of nitrogens with one attached hydrogen (secondary N) is 2. The number of ether oxygens (including phenoxy) is 1. The molecule has 7 nitrogen and oxygen atoms in total. The van der Waals surface area contributed by atoms with Gasteiger partial charge >= 0.3 is 6.09 Å². The second kappa shape index (κ2) is 17.2. The lowest BCUT2D eigenvalue weighted by molar-refractivity contribution is -0.142. The van der Waals surface area contributed by atoms with E-state index in [-0.39, 0.29) is 23.6 Å². The summed E-state index contributed by atoms with van der Waals surface area (Å²) in [7, 11) is 0. The Labute approximate surface area is 247 Å². The summed E-state index contributed by atoms with van der Waals surface area (Å²) in [4.78, 5) is 42.2. The van der Waals surface area contributed by atoms with E-state index in [2.05, 4.69) is 36.1 Å². The van der Waals surface area contributed by atoms with E-state index in [0.29, 0.717) is 17.7 Å². The molecule has 0 aromatic heterocycles. The summed E-state index contributed by atoms with van der Waals surface area (Å²) in [5.74, 6) is 2.11. The van der Waals surface area contributed by atoms with Gasteiger partial charge in [0.25, 0.3) is 0 Å². The monoisotopic (exact) mass is 571 g/mol. The number of amides is 3. The smallest absolute Gasteiger partial charge is 0.408 e. The Bertz CT molecular complexity index is 977. The van der Waals surface area contributed by atoms with Crippen LogP contribution in [0.4, 0.5) is 4.79 Å². The van der Waals surface area contributed by atoms with Gasteiger partial charge in [-0.1, -0.05) is 76.3 Å². The number of thiol groups is 1. The molecule has 0 bridgehead atoms. The molecule has 2 unspecified atom stereocenters. The molecule has 1 aliphatic carbocycles. The first kappa shape index (κ1) is 33.5. The Hall–Kier alpha value is -2.66. The van der Waals surface area contributed by atoms with Gasteiger partial charge in [0.2, 0.25) is 11.8 Å². The summed E-state index contributed by atoms with van der Waals surface area (Å²) >= 11 is 4.38. The van der Waals surface area contributed by atoms with Crippen molar-refractivity contribution in [3.8, 4) is 12.3 Å². The third kappa shape index (κ3) is 11.4. The number of carbonyl (C=O) groups is 3. The van der Waals surface area contributed by atoms with Crippen LogP contribution in [0.2, 0.25) is 0 Å². The molecule has 0 radical (unpaired) electrons. The van der Waals surface area contributed by atoms with Crippen molar-refractivity contribution in [1.82, 2.24) is 15.5 Å². The quantitative estimate of drug-likeness (QED) is 0.142. The van der Waals surface area contributed by atoms with Gasteiger partial charge in [0, 0.05) is 23.9 Å². The van der Waals surface area contributed by atoms with Gasteiger partial charge < -0.3 is 20.3 Å². The van der Waals surface area contributed by atoms with Gasteiger partial charge in [0.05, 0.1) is 0 Å². The fourth-order valence-electron chi connectivity index (χ4n) is 5.03. The van der Waals surface area contributed by atoms with Crippen molar-refractivity contribution in [3.05, 3.63) is 35.4 Å². The van der Waals surface area contributed by atoms with Crippen molar-refractivity contribution < 1.29 is 19.1 Å². The predicted octanol–water partition coefficient (Wildman–Crippen LogP) is 6.17. The Kier molecular flexibility index (Phi) is 14.4. The van der Waals surface area contributed by atoms with E-state index in [0.717, 1.165) is 57.8 Å². The highest BCUT2D eigenvalue weighted by molar-refractivity contribution is 7.80. The van der Waals surface area contributed by atoms with Gasteiger partial charge in [-0.2, -0.15) is 12.6 Å². The normalized spacial score (nSPS) is 15.4. The van der Waals surface area contributed by atoms with E-state index in [9.17, 15) is 14.4 Å². The van der Waals surface area contributed by atoms with Crippen molar-refractivity contribution in [2.45, 2.75) is 122 Å². The minimum absolute atomic E-state index is 0.0675. The molecule has 40 heavy (non-hydrogen) atoms. The van der Waals surface area contributed by atoms with Crippen molar-refractivity contribution in [2.24, 2.45) is 0 Å². The molecular weight excluding hydrogens is 522 g/mol. The topological polar surface area (TPSA) is 87.7 Å². The van der Waals surface area contributed by atoms with Crippen LogP contribution in [0.1, 0.15) is 115 Å². The second-order valence-electron chi connectivity index (χ2n) is 11.7. The molecule has 1 saturated carbocycles. The van der Waals surface area contributed by atoms with E-state index < -0.39 is 23.8 Å². The largest absolute Gasteiger partial charge is 0.444 e. The highest BCUT2D eigenvalue weighted by atomic mass is 32.1. The van der Waals surface area contributed by atoms with Crippen LogP contribution < -0.4 is 10.6 Å². The van der Waals surface area contributed by atoms with Crippen molar-refractivity contribution in [1.29, 1.82) is 0 Å². The van der Waals surface area contributed by atoms with Crippen LogP contribution in [0.25, 0.3) is 0 Å². The molecule has 1 aromatic carbocycles. The highest BCUT2D eigenvalue weighted by Gasteiger charge is 2.36. The molecule has 2 atom stereocenters. The fraction of sp³-hybridized carbons (Fsp3) is 0.656. The zero-order valence-corrected chi connectivity index (χ0v) is 25.7. The third-order valence-corrected chi connectivity index (χ3v) is 7.48. The first-order chi connectivity index (χ1) is 19.1. The number of terminal acetylenes is 1. The van der Waals surface area contributed by atoms with Crippen LogP contribution in [-0.2, 0) is 14.3 Å². The molecule has 2 N–H and O–H groups in total. The lowest BCUT2D eigenvalue weighted by Gasteiger charge is -2.35. The highest BCUT2D eigenvalue weighted by Crippen LogP contribution is 2.26. The summed E-state index contributed by atoms with van der Waals surface area (Å²) in [5, 5.41) is 5.90. The number of unbranched alkanes of at least 4 members (excludes halogenated alkanes) is 5. The summed E-state index contributed by atoms with van der Waals surface area (Å²) in [6, 6.07) is 5.49. The van der Waals surface area contributed by atoms with Crippen molar-refractivity contribution in [2.75, 3.05) is 12.3 Å². The molecule has 1 aromatic rings. The van der Waals surface area contributed by atoms with Crippen LogP contribution >= 0.6 is 12.6 Å². The van der Waals surface area contributed by atoms with Gasteiger partial charge in [-0.05, 0) is 57.7 Å². The average molecular weight is 572 g/mol. The maximum Gasteiger partial charge on any atom is 0.408 e. The van der Waals surface area contributed by atoms with Crippen LogP contribution in [0, 0.1) is 12.3 Å². The van der Waals surface area contributed by atoms with Gasteiger partial charge in [-0.3, -0.25) is 9.59 Å². The number of nitrogens with zero attached hydrogens (tertiary/aromatic N) is 1. The summed E-state index contributed by atoms with van der Waals surface area (Å²) in [6.45, 7) is 7.85. The van der Waals surface area contributed by atoms with Gasteiger partial charge in [-0.25, -0.2) is 4.79 Å². The maximum atomic E-state index is 14.1. The van der Waals surface area contributed by atoms with Crippen LogP contribution in [-0.4, -0.2) is 52.8 Å². The molecule has 0 spiro atoms. The molecule has 222 valence electrons. The van der Waals surface area contributed by atoms with Crippen LogP contribution in [0.3, 0.4) is 0 Å². The lowest BCUT2D eigenvalue weighted by atomic mass is 9.94.